The average molecular weight is 836 g/mol. The number of nitrogens with zero attached hydrogens (tertiary/aromatic N) is 1. The Kier molecular flexibility index (Phi) is 8.53. The summed E-state index contributed by atoms with van der Waals surface area (Å²) in [7, 11) is 0. The lowest BCUT2D eigenvalue weighted by atomic mass is 9.93. The maximum absolute atomic E-state index is 9.79. The summed E-state index contributed by atoms with van der Waals surface area (Å²) in [6, 6.07) is 69.7. The van der Waals surface area contributed by atoms with E-state index in [4.69, 9.17) is 0 Å². The smallest absolute Gasteiger partial charge is 0.0645 e. The minimum atomic E-state index is -0.410. The van der Waals surface area contributed by atoms with Crippen molar-refractivity contribution in [2.75, 3.05) is 4.90 Å². The molecule has 0 amide bonds. The zero-order valence-electron chi connectivity index (χ0n) is 43.3. The van der Waals surface area contributed by atoms with Crippen molar-refractivity contribution in [3.63, 3.8) is 0 Å². The van der Waals surface area contributed by atoms with E-state index < -0.39 is 24.2 Å². The van der Waals surface area contributed by atoms with Crippen molar-refractivity contribution in [1.82, 2.24) is 0 Å². The molecule has 65 heavy (non-hydrogen) atoms. The standard InChI is InChI=1S/C64H45N/c1-4-14-46(15-5-1)49-26-28-50(29-27-49)51-30-36-60(37-31-51)65(61-38-32-52(33-39-61)55-22-12-23-56(42-55)64-25-13-21-54-20-10-11-24-63(54)64)62-40-34-53(35-41-62)59-44-57(47-16-6-2-7-17-47)43-58(45-59)48-18-8-3-9-19-48/h1-45H/i30D,31D,34D,35D,36D,37D,40D,41D. The van der Waals surface area contributed by atoms with Crippen molar-refractivity contribution in [3.8, 4) is 77.9 Å². The highest BCUT2D eigenvalue weighted by Gasteiger charge is 2.15. The average Bonchev–Trinajstić information content (AvgIpc) is 3.44. The molecule has 306 valence electrons. The Hall–Kier alpha value is -8.52. The topological polar surface area (TPSA) is 3.24 Å². The van der Waals surface area contributed by atoms with Crippen LogP contribution in [0.1, 0.15) is 11.0 Å². The molecule has 1 nitrogen and oxygen atoms in total. The van der Waals surface area contributed by atoms with Crippen molar-refractivity contribution in [3.05, 3.63) is 273 Å². The molecule has 0 aromatic heterocycles. The molecule has 0 saturated heterocycles. The summed E-state index contributed by atoms with van der Waals surface area (Å²) in [4.78, 5) is 1.36. The maximum atomic E-state index is 9.79. The van der Waals surface area contributed by atoms with Gasteiger partial charge >= 0.3 is 0 Å². The molecule has 1 heteroatoms. The molecular formula is C64H45N. The van der Waals surface area contributed by atoms with E-state index in [1.165, 1.54) is 4.90 Å². The first kappa shape index (κ1) is 31.3. The molecule has 0 N–H and O–H groups in total. The minimum Gasteiger partial charge on any atom is -0.311 e. The zero-order chi connectivity index (χ0) is 50.3. The van der Waals surface area contributed by atoms with E-state index in [-0.39, 0.29) is 46.7 Å². The van der Waals surface area contributed by atoms with E-state index in [2.05, 4.69) is 42.5 Å². The Balaban J connectivity index is 1.08. The lowest BCUT2D eigenvalue weighted by Crippen LogP contribution is -2.09. The Morgan fingerprint density at radius 2 is 0.585 bits per heavy atom. The summed E-state index contributed by atoms with van der Waals surface area (Å²) in [6.45, 7) is 0. The van der Waals surface area contributed by atoms with E-state index in [1.54, 1.807) is 24.3 Å². The van der Waals surface area contributed by atoms with Crippen molar-refractivity contribution < 1.29 is 11.0 Å². The van der Waals surface area contributed by atoms with Crippen LogP contribution in [0.15, 0.2) is 273 Å². The fourth-order valence-corrected chi connectivity index (χ4v) is 8.47. The molecule has 0 saturated carbocycles. The second kappa shape index (κ2) is 17.7. The van der Waals surface area contributed by atoms with E-state index in [9.17, 15) is 11.0 Å². The van der Waals surface area contributed by atoms with Gasteiger partial charge in [0.1, 0.15) is 0 Å². The lowest BCUT2D eigenvalue weighted by molar-refractivity contribution is 1.28. The number of hydrogen-bond acceptors (Lipinski definition) is 1. The molecule has 0 aliphatic carbocycles. The fourth-order valence-electron chi connectivity index (χ4n) is 8.47. The van der Waals surface area contributed by atoms with E-state index in [0.717, 1.165) is 66.4 Å². The van der Waals surface area contributed by atoms with Crippen molar-refractivity contribution >= 4 is 27.8 Å². The molecule has 0 aliphatic heterocycles. The van der Waals surface area contributed by atoms with E-state index in [0.29, 0.717) is 16.8 Å². The van der Waals surface area contributed by atoms with Crippen LogP contribution < -0.4 is 4.90 Å². The summed E-state index contributed by atoms with van der Waals surface area (Å²) in [6.07, 6.45) is 0. The van der Waals surface area contributed by atoms with E-state index >= 15 is 0 Å². The molecule has 0 unspecified atom stereocenters. The number of rotatable bonds is 10. The van der Waals surface area contributed by atoms with Gasteiger partial charge in [0.2, 0.25) is 0 Å². The van der Waals surface area contributed by atoms with Crippen LogP contribution in [0.25, 0.3) is 88.7 Å². The molecule has 0 spiro atoms. The van der Waals surface area contributed by atoms with Crippen molar-refractivity contribution in [2.45, 2.75) is 0 Å². The maximum Gasteiger partial charge on any atom is 0.0645 e. The molecule has 0 aliphatic rings. The SMILES string of the molecule is [2H]c1c([2H])c(N(c2ccc(-c3cccc(-c4cccc5ccccc45)c3)cc2)c2c([2H])c([2H])c(-c3cc(-c4ccccc4)cc(-c4ccccc4)c3)c([2H])c2[2H])c([2H])c([2H])c1-c1ccc(-c2ccccc2)cc1. The number of anilines is 3. The van der Waals surface area contributed by atoms with Crippen molar-refractivity contribution in [2.24, 2.45) is 0 Å². The number of benzene rings is 11. The van der Waals surface area contributed by atoms with Gasteiger partial charge in [-0.05, 0) is 149 Å². The molecule has 0 heterocycles. The Labute approximate surface area is 393 Å². The molecule has 11 aromatic carbocycles. The van der Waals surface area contributed by atoms with Crippen LogP contribution in [-0.4, -0.2) is 0 Å². The Bertz CT molecular complexity index is 3740. The largest absolute Gasteiger partial charge is 0.311 e. The van der Waals surface area contributed by atoms with Gasteiger partial charge < -0.3 is 4.90 Å². The monoisotopic (exact) mass is 835 g/mol. The van der Waals surface area contributed by atoms with Gasteiger partial charge in [-0.1, -0.05) is 212 Å². The first-order valence-electron chi connectivity index (χ1n) is 25.7. The van der Waals surface area contributed by atoms with Gasteiger partial charge in [0, 0.05) is 17.1 Å². The third-order valence-electron chi connectivity index (χ3n) is 11.8. The number of hydrogen-bond donors (Lipinski definition) is 0. The highest BCUT2D eigenvalue weighted by Crippen LogP contribution is 2.40. The minimum absolute atomic E-state index is 0.0870. The van der Waals surface area contributed by atoms with Crippen LogP contribution in [0.5, 0.6) is 0 Å². The Morgan fingerprint density at radius 1 is 0.231 bits per heavy atom. The van der Waals surface area contributed by atoms with Gasteiger partial charge in [-0.15, -0.1) is 0 Å². The highest BCUT2D eigenvalue weighted by atomic mass is 15.1. The summed E-state index contributed by atoms with van der Waals surface area (Å²) >= 11 is 0. The summed E-state index contributed by atoms with van der Waals surface area (Å²) < 4.78 is 77.2. The molecule has 0 bridgehead atoms. The molecule has 0 radical (unpaired) electrons. The van der Waals surface area contributed by atoms with Crippen LogP contribution in [0.3, 0.4) is 0 Å². The summed E-state index contributed by atoms with van der Waals surface area (Å²) in [5, 5.41) is 2.27. The van der Waals surface area contributed by atoms with Gasteiger partial charge in [-0.2, -0.15) is 0 Å². The van der Waals surface area contributed by atoms with E-state index in [1.807, 2.05) is 158 Å². The predicted octanol–water partition coefficient (Wildman–Crippen LogP) is 18.0. The van der Waals surface area contributed by atoms with Crippen LogP contribution in [0.2, 0.25) is 0 Å². The first-order chi connectivity index (χ1) is 35.5. The van der Waals surface area contributed by atoms with Gasteiger partial charge in [-0.3, -0.25) is 0 Å². The third kappa shape index (κ3) is 8.27. The van der Waals surface area contributed by atoms with Gasteiger partial charge in [0.25, 0.3) is 0 Å². The molecule has 11 aromatic rings. The number of fused-ring (bicyclic) bond motifs is 1. The Morgan fingerprint density at radius 3 is 1.15 bits per heavy atom. The van der Waals surface area contributed by atoms with Crippen molar-refractivity contribution in [1.29, 1.82) is 0 Å². The zero-order valence-corrected chi connectivity index (χ0v) is 35.3. The van der Waals surface area contributed by atoms with Gasteiger partial charge in [-0.25, -0.2) is 0 Å². The van der Waals surface area contributed by atoms with Crippen LogP contribution in [0.4, 0.5) is 17.1 Å². The van der Waals surface area contributed by atoms with Gasteiger partial charge in [0.15, 0.2) is 0 Å². The normalized spacial score (nSPS) is 12.8. The third-order valence-corrected chi connectivity index (χ3v) is 11.8. The molecule has 0 fully saturated rings. The lowest BCUT2D eigenvalue weighted by Gasteiger charge is -2.26. The quantitative estimate of drug-likeness (QED) is 0.133. The second-order valence-corrected chi connectivity index (χ2v) is 15.9. The van der Waals surface area contributed by atoms with Crippen LogP contribution in [-0.2, 0) is 0 Å². The molecular weight excluding hydrogens is 783 g/mol. The first-order valence-corrected chi connectivity index (χ1v) is 21.7. The summed E-state index contributed by atoms with van der Waals surface area (Å²) in [5.41, 5.74) is 10.4. The van der Waals surface area contributed by atoms with Crippen LogP contribution >= 0.6 is 0 Å². The summed E-state index contributed by atoms with van der Waals surface area (Å²) in [5.74, 6) is 0. The van der Waals surface area contributed by atoms with Gasteiger partial charge in [0.05, 0.1) is 11.0 Å². The second-order valence-electron chi connectivity index (χ2n) is 15.9. The predicted molar refractivity (Wildman–Crippen MR) is 277 cm³/mol. The fraction of sp³-hybridized carbons (Fsp3) is 0. The highest BCUT2D eigenvalue weighted by molar-refractivity contribution is 5.97. The molecule has 0 atom stereocenters. The molecule has 11 rings (SSSR count). The van der Waals surface area contributed by atoms with Crippen LogP contribution in [0, 0.1) is 0 Å².